The second-order valence-corrected chi connectivity index (χ2v) is 4.32. The Hall–Kier alpha value is -1.06. The summed E-state index contributed by atoms with van der Waals surface area (Å²) < 4.78 is 1.89. The maximum Gasteiger partial charge on any atom is 0.225 e. The van der Waals surface area contributed by atoms with Crippen molar-refractivity contribution in [2.45, 2.75) is 19.9 Å². The van der Waals surface area contributed by atoms with E-state index in [1.807, 2.05) is 35.8 Å². The summed E-state index contributed by atoms with van der Waals surface area (Å²) in [6.07, 6.45) is 0.885. The van der Waals surface area contributed by atoms with Gasteiger partial charge in [0.2, 0.25) is 5.28 Å². The Labute approximate surface area is 104 Å². The average Bonchev–Trinajstić information content (AvgIpc) is 2.59. The van der Waals surface area contributed by atoms with Gasteiger partial charge in [0.1, 0.15) is 5.82 Å². The zero-order valence-electron chi connectivity index (χ0n) is 8.82. The van der Waals surface area contributed by atoms with E-state index in [4.69, 9.17) is 23.2 Å². The van der Waals surface area contributed by atoms with Crippen molar-refractivity contribution in [3.8, 4) is 0 Å². The van der Waals surface area contributed by atoms with Gasteiger partial charge in [-0.1, -0.05) is 23.7 Å². The zero-order chi connectivity index (χ0) is 11.5. The first-order chi connectivity index (χ1) is 7.66. The quantitative estimate of drug-likeness (QED) is 0.844. The van der Waals surface area contributed by atoms with Crippen LogP contribution in [0.25, 0.3) is 0 Å². The molecule has 84 valence electrons. The number of aryl methyl sites for hydroxylation is 2. The van der Waals surface area contributed by atoms with Crippen molar-refractivity contribution < 1.29 is 0 Å². The molecule has 1 heterocycles. The van der Waals surface area contributed by atoms with Crippen LogP contribution in [-0.2, 0) is 13.0 Å². The van der Waals surface area contributed by atoms with Gasteiger partial charge in [-0.15, -0.1) is 10.2 Å². The van der Waals surface area contributed by atoms with Gasteiger partial charge in [-0.3, -0.25) is 0 Å². The highest BCUT2D eigenvalue weighted by Gasteiger charge is 2.05. The summed E-state index contributed by atoms with van der Waals surface area (Å²) in [7, 11) is 0. The maximum absolute atomic E-state index is 5.90. The second kappa shape index (κ2) is 4.85. The van der Waals surface area contributed by atoms with E-state index in [1.54, 1.807) is 0 Å². The first-order valence-corrected chi connectivity index (χ1v) is 5.72. The van der Waals surface area contributed by atoms with Crippen LogP contribution in [-0.4, -0.2) is 14.8 Å². The lowest BCUT2D eigenvalue weighted by Gasteiger charge is -2.05. The lowest BCUT2D eigenvalue weighted by Crippen LogP contribution is -2.03. The van der Waals surface area contributed by atoms with Crippen molar-refractivity contribution in [3.63, 3.8) is 0 Å². The molecule has 16 heavy (non-hydrogen) atoms. The summed E-state index contributed by atoms with van der Waals surface area (Å²) in [5, 5.41) is 8.89. The van der Waals surface area contributed by atoms with Gasteiger partial charge in [-0.2, -0.15) is 0 Å². The topological polar surface area (TPSA) is 30.7 Å². The van der Waals surface area contributed by atoms with Crippen molar-refractivity contribution in [2.24, 2.45) is 0 Å². The Bertz CT molecular complexity index is 457. The number of benzene rings is 1. The molecule has 0 aliphatic rings. The Kier molecular flexibility index (Phi) is 3.46. The van der Waals surface area contributed by atoms with Gasteiger partial charge in [0.05, 0.1) is 0 Å². The van der Waals surface area contributed by atoms with E-state index >= 15 is 0 Å². The first-order valence-electron chi connectivity index (χ1n) is 4.96. The van der Waals surface area contributed by atoms with Crippen LogP contribution < -0.4 is 0 Å². The van der Waals surface area contributed by atoms with E-state index in [0.717, 1.165) is 23.8 Å². The number of nitrogens with zero attached hydrogens (tertiary/aromatic N) is 3. The molecule has 0 N–H and O–H groups in total. The predicted octanol–water partition coefficient (Wildman–Crippen LogP) is 3.14. The van der Waals surface area contributed by atoms with Crippen LogP contribution in [0.2, 0.25) is 10.3 Å². The third-order valence-corrected chi connectivity index (χ3v) is 2.96. The van der Waals surface area contributed by atoms with E-state index < -0.39 is 0 Å². The Morgan fingerprint density at radius 2 is 1.81 bits per heavy atom. The molecule has 0 bridgehead atoms. The molecule has 0 radical (unpaired) electrons. The molecule has 0 atom stereocenters. The van der Waals surface area contributed by atoms with Crippen molar-refractivity contribution >= 4 is 23.2 Å². The fraction of sp³-hybridized carbons (Fsp3) is 0.273. The number of hydrogen-bond donors (Lipinski definition) is 0. The van der Waals surface area contributed by atoms with Gasteiger partial charge in [0.15, 0.2) is 0 Å². The minimum atomic E-state index is 0.437. The van der Waals surface area contributed by atoms with Crippen LogP contribution in [0.15, 0.2) is 24.3 Å². The third kappa shape index (κ3) is 2.54. The van der Waals surface area contributed by atoms with Gasteiger partial charge in [-0.25, -0.2) is 0 Å². The predicted molar refractivity (Wildman–Crippen MR) is 64.9 cm³/mol. The number of hydrogen-bond acceptors (Lipinski definition) is 2. The van der Waals surface area contributed by atoms with Crippen LogP contribution >= 0.6 is 23.2 Å². The van der Waals surface area contributed by atoms with E-state index in [-0.39, 0.29) is 0 Å². The number of halogens is 2. The smallest absolute Gasteiger partial charge is 0.225 e. The van der Waals surface area contributed by atoms with Gasteiger partial charge < -0.3 is 4.57 Å². The van der Waals surface area contributed by atoms with Crippen LogP contribution in [0.3, 0.4) is 0 Å². The Balaban J connectivity index is 2.05. The van der Waals surface area contributed by atoms with Crippen molar-refractivity contribution in [1.29, 1.82) is 0 Å². The highest BCUT2D eigenvalue weighted by molar-refractivity contribution is 6.30. The van der Waals surface area contributed by atoms with E-state index in [1.165, 1.54) is 5.56 Å². The summed E-state index contributed by atoms with van der Waals surface area (Å²) >= 11 is 11.7. The molecule has 0 saturated carbocycles. The highest BCUT2D eigenvalue weighted by Crippen LogP contribution is 2.12. The second-order valence-electron chi connectivity index (χ2n) is 3.54. The molecule has 5 heteroatoms. The van der Waals surface area contributed by atoms with Crippen molar-refractivity contribution in [2.75, 3.05) is 0 Å². The molecular formula is C11H11Cl2N3. The summed E-state index contributed by atoms with van der Waals surface area (Å²) in [5.74, 6) is 0.832. The molecule has 0 spiro atoms. The van der Waals surface area contributed by atoms with Crippen LogP contribution in [0.4, 0.5) is 0 Å². The van der Waals surface area contributed by atoms with Crippen LogP contribution in [0.1, 0.15) is 11.4 Å². The van der Waals surface area contributed by atoms with E-state index in [2.05, 4.69) is 10.2 Å². The highest BCUT2D eigenvalue weighted by atomic mass is 35.5. The molecule has 0 aliphatic heterocycles. The summed E-state index contributed by atoms with van der Waals surface area (Å²) in [5.41, 5.74) is 1.22. The van der Waals surface area contributed by atoms with Crippen molar-refractivity contribution in [3.05, 3.63) is 46.0 Å². The fourth-order valence-electron chi connectivity index (χ4n) is 1.50. The number of aromatic nitrogens is 3. The molecule has 2 aromatic rings. The average molecular weight is 256 g/mol. The van der Waals surface area contributed by atoms with Gasteiger partial charge in [0, 0.05) is 11.6 Å². The van der Waals surface area contributed by atoms with Crippen LogP contribution in [0.5, 0.6) is 0 Å². The minimum absolute atomic E-state index is 0.437. The van der Waals surface area contributed by atoms with Crippen molar-refractivity contribution in [1.82, 2.24) is 14.8 Å². The lowest BCUT2D eigenvalue weighted by atomic mass is 10.1. The van der Waals surface area contributed by atoms with Crippen LogP contribution in [0, 0.1) is 6.92 Å². The molecule has 0 saturated heterocycles. The molecular weight excluding hydrogens is 245 g/mol. The third-order valence-electron chi connectivity index (χ3n) is 2.43. The molecule has 1 aromatic heterocycles. The number of rotatable bonds is 3. The molecule has 2 rings (SSSR count). The molecule has 0 amide bonds. The van der Waals surface area contributed by atoms with Gasteiger partial charge >= 0.3 is 0 Å². The summed E-state index contributed by atoms with van der Waals surface area (Å²) in [6.45, 7) is 2.67. The monoisotopic (exact) mass is 255 g/mol. The van der Waals surface area contributed by atoms with Gasteiger partial charge in [-0.05, 0) is 42.6 Å². The minimum Gasteiger partial charge on any atom is -0.302 e. The summed E-state index contributed by atoms with van der Waals surface area (Å²) in [6, 6.07) is 7.79. The molecule has 0 fully saturated rings. The fourth-order valence-corrected chi connectivity index (χ4v) is 1.87. The summed E-state index contributed by atoms with van der Waals surface area (Å²) in [4.78, 5) is 0. The van der Waals surface area contributed by atoms with E-state index in [0.29, 0.717) is 5.28 Å². The zero-order valence-corrected chi connectivity index (χ0v) is 10.3. The maximum atomic E-state index is 5.90. The molecule has 0 aliphatic carbocycles. The Morgan fingerprint density at radius 3 is 2.38 bits per heavy atom. The van der Waals surface area contributed by atoms with Gasteiger partial charge in [0.25, 0.3) is 0 Å². The standard InChI is InChI=1S/C11H11Cl2N3/c1-8-14-15-11(13)16(8)7-6-9-2-4-10(12)5-3-9/h2-5H,6-7H2,1H3. The molecule has 1 aromatic carbocycles. The largest absolute Gasteiger partial charge is 0.302 e. The molecule has 0 unspecified atom stereocenters. The Morgan fingerprint density at radius 1 is 1.12 bits per heavy atom. The normalized spacial score (nSPS) is 10.7. The van der Waals surface area contributed by atoms with E-state index in [9.17, 15) is 0 Å². The SMILES string of the molecule is Cc1nnc(Cl)n1CCc1ccc(Cl)cc1. The molecule has 3 nitrogen and oxygen atoms in total. The first kappa shape index (κ1) is 11.4. The lowest BCUT2D eigenvalue weighted by molar-refractivity contribution is 0.673.